The fraction of sp³-hybridized carbons (Fsp3) is 0.633. The Balaban J connectivity index is 1.55. The summed E-state index contributed by atoms with van der Waals surface area (Å²) in [4.78, 5) is 29.0. The van der Waals surface area contributed by atoms with E-state index in [-0.39, 0.29) is 25.0 Å². The minimum Gasteiger partial charge on any atom is -0.490 e. The predicted molar refractivity (Wildman–Crippen MR) is 142 cm³/mol. The molecule has 2 aliphatic carbocycles. The zero-order valence-electron chi connectivity index (χ0n) is 22.1. The Morgan fingerprint density at radius 1 is 1.06 bits per heavy atom. The second kappa shape index (κ2) is 11.6. The molecule has 1 heterocycles. The zero-order chi connectivity index (χ0) is 25.7. The topological polar surface area (TPSA) is 88.5 Å². The highest BCUT2D eigenvalue weighted by molar-refractivity contribution is 5.97. The maximum absolute atomic E-state index is 13.0. The molecule has 196 valence electrons. The maximum atomic E-state index is 13.0. The van der Waals surface area contributed by atoms with Crippen LogP contribution in [0.1, 0.15) is 101 Å². The predicted octanol–water partition coefficient (Wildman–Crippen LogP) is 6.55. The van der Waals surface area contributed by atoms with Crippen LogP contribution in [0, 0.1) is 17.3 Å². The van der Waals surface area contributed by atoms with Crippen LogP contribution in [0.25, 0.3) is 10.8 Å². The molecule has 0 bridgehead atoms. The van der Waals surface area contributed by atoms with Crippen molar-refractivity contribution in [1.29, 1.82) is 0 Å². The Hall–Kier alpha value is -2.63. The van der Waals surface area contributed by atoms with Gasteiger partial charge in [-0.25, -0.2) is 4.98 Å². The Kier molecular flexibility index (Phi) is 8.53. The zero-order valence-corrected chi connectivity index (χ0v) is 22.1. The number of nitrogens with zero attached hydrogens (tertiary/aromatic N) is 1. The molecule has 2 N–H and O–H groups in total. The van der Waals surface area contributed by atoms with Gasteiger partial charge in [0.1, 0.15) is 11.4 Å². The van der Waals surface area contributed by atoms with Crippen molar-refractivity contribution in [2.45, 2.75) is 97.5 Å². The number of rotatable bonds is 10. The summed E-state index contributed by atoms with van der Waals surface area (Å²) in [6, 6.07) is 8.04. The summed E-state index contributed by atoms with van der Waals surface area (Å²) < 4.78 is 6.41. The summed E-state index contributed by atoms with van der Waals surface area (Å²) >= 11 is 0. The number of pyridine rings is 1. The van der Waals surface area contributed by atoms with Gasteiger partial charge in [0.2, 0.25) is 0 Å². The number of amides is 1. The highest BCUT2D eigenvalue weighted by Crippen LogP contribution is 2.34. The van der Waals surface area contributed by atoms with Crippen molar-refractivity contribution in [3.8, 4) is 5.75 Å². The van der Waals surface area contributed by atoms with Crippen molar-refractivity contribution in [3.63, 3.8) is 0 Å². The summed E-state index contributed by atoms with van der Waals surface area (Å²) in [6.07, 6.45) is 12.0. The average Bonchev–Trinajstić information content (AvgIpc) is 3.35. The van der Waals surface area contributed by atoms with Crippen LogP contribution in [0.15, 0.2) is 24.3 Å². The van der Waals surface area contributed by atoms with Crippen LogP contribution in [-0.4, -0.2) is 34.6 Å². The SMILES string of the molecule is CCC1CCC(Oc2ccc3cc(C(=O)NCC(C)(C)CC(=O)O)nc(CC4CCCC4)c3c2)CC1. The van der Waals surface area contributed by atoms with E-state index in [9.17, 15) is 9.59 Å². The standard InChI is InChI=1S/C30H42N2O4/c1-4-20-9-12-23(13-10-20)36-24-14-11-22-16-27(29(35)31-19-30(2,3)18-28(33)34)32-26(25(22)17-24)15-21-7-5-6-8-21/h11,14,16-17,20-21,23H,4-10,12-13,15,18-19H2,1-3H3,(H,31,35)(H,33,34). The maximum Gasteiger partial charge on any atom is 0.303 e. The van der Waals surface area contributed by atoms with Gasteiger partial charge in [0.05, 0.1) is 12.5 Å². The smallest absolute Gasteiger partial charge is 0.303 e. The van der Waals surface area contributed by atoms with E-state index in [2.05, 4.69) is 18.3 Å². The van der Waals surface area contributed by atoms with Gasteiger partial charge in [-0.1, -0.05) is 58.9 Å². The first-order chi connectivity index (χ1) is 17.2. The normalized spacial score (nSPS) is 21.0. The first kappa shape index (κ1) is 26.4. The fourth-order valence-electron chi connectivity index (χ4n) is 5.86. The van der Waals surface area contributed by atoms with Gasteiger partial charge >= 0.3 is 5.97 Å². The molecule has 2 aliphatic rings. The lowest BCUT2D eigenvalue weighted by atomic mass is 9.86. The fourth-order valence-corrected chi connectivity index (χ4v) is 5.86. The molecule has 1 amide bonds. The molecule has 2 saturated carbocycles. The van der Waals surface area contributed by atoms with E-state index >= 15 is 0 Å². The Morgan fingerprint density at radius 3 is 2.44 bits per heavy atom. The van der Waals surface area contributed by atoms with Crippen LogP contribution in [0.5, 0.6) is 5.75 Å². The number of carboxylic acid groups (broad SMARTS) is 1. The number of aliphatic carboxylic acids is 1. The highest BCUT2D eigenvalue weighted by Gasteiger charge is 2.25. The highest BCUT2D eigenvalue weighted by atomic mass is 16.5. The van der Waals surface area contributed by atoms with E-state index in [1.165, 1.54) is 44.9 Å². The monoisotopic (exact) mass is 494 g/mol. The molecule has 0 unspecified atom stereocenters. The van der Waals surface area contributed by atoms with Gasteiger partial charge in [-0.3, -0.25) is 9.59 Å². The number of nitrogens with one attached hydrogen (secondary N) is 1. The molecule has 0 radical (unpaired) electrons. The third-order valence-electron chi connectivity index (χ3n) is 8.10. The van der Waals surface area contributed by atoms with Crippen molar-refractivity contribution >= 4 is 22.6 Å². The number of fused-ring (bicyclic) bond motifs is 1. The van der Waals surface area contributed by atoms with Crippen LogP contribution in [0.4, 0.5) is 0 Å². The van der Waals surface area contributed by atoms with Gasteiger partial charge in [-0.15, -0.1) is 0 Å². The summed E-state index contributed by atoms with van der Waals surface area (Å²) in [5.74, 6) is 1.21. The Bertz CT molecular complexity index is 1070. The summed E-state index contributed by atoms with van der Waals surface area (Å²) in [7, 11) is 0. The van der Waals surface area contributed by atoms with Crippen LogP contribution < -0.4 is 10.1 Å². The van der Waals surface area contributed by atoms with Crippen molar-refractivity contribution in [1.82, 2.24) is 10.3 Å². The third kappa shape index (κ3) is 6.98. The minimum atomic E-state index is -0.867. The van der Waals surface area contributed by atoms with E-state index in [0.29, 0.717) is 11.6 Å². The largest absolute Gasteiger partial charge is 0.490 e. The van der Waals surface area contributed by atoms with Crippen molar-refractivity contribution < 1.29 is 19.4 Å². The number of aromatic nitrogens is 1. The third-order valence-corrected chi connectivity index (χ3v) is 8.10. The number of carboxylic acids is 1. The van der Waals surface area contributed by atoms with Gasteiger partial charge < -0.3 is 15.2 Å². The number of hydrogen-bond donors (Lipinski definition) is 2. The van der Waals surface area contributed by atoms with Crippen LogP contribution in [0.3, 0.4) is 0 Å². The number of hydrogen-bond acceptors (Lipinski definition) is 4. The molecule has 1 aromatic heterocycles. The molecular formula is C30H42N2O4. The number of benzene rings is 1. The van der Waals surface area contributed by atoms with Crippen molar-refractivity contribution in [2.75, 3.05) is 6.54 Å². The molecule has 4 rings (SSSR count). The lowest BCUT2D eigenvalue weighted by Gasteiger charge is -2.28. The molecule has 0 aliphatic heterocycles. The van der Waals surface area contributed by atoms with Gasteiger partial charge in [0.15, 0.2) is 0 Å². The lowest BCUT2D eigenvalue weighted by Crippen LogP contribution is -2.35. The van der Waals surface area contributed by atoms with E-state index in [1.54, 1.807) is 0 Å². The van der Waals surface area contributed by atoms with E-state index in [0.717, 1.165) is 47.4 Å². The van der Waals surface area contributed by atoms with Gasteiger partial charge in [-0.05, 0) is 72.9 Å². The van der Waals surface area contributed by atoms with Crippen LogP contribution in [-0.2, 0) is 11.2 Å². The van der Waals surface area contributed by atoms with E-state index in [4.69, 9.17) is 14.8 Å². The summed E-state index contributed by atoms with van der Waals surface area (Å²) in [6.45, 7) is 6.25. The van der Waals surface area contributed by atoms with Gasteiger partial charge in [-0.2, -0.15) is 0 Å². The van der Waals surface area contributed by atoms with Crippen molar-refractivity contribution in [2.24, 2.45) is 17.3 Å². The second-order valence-electron chi connectivity index (χ2n) is 11.8. The number of carbonyl (C=O) groups excluding carboxylic acids is 1. The van der Waals surface area contributed by atoms with Crippen LogP contribution >= 0.6 is 0 Å². The van der Waals surface area contributed by atoms with Crippen LogP contribution in [0.2, 0.25) is 0 Å². The number of ether oxygens (including phenoxy) is 1. The number of carbonyl (C=O) groups is 2. The minimum absolute atomic E-state index is 0.00572. The summed E-state index contributed by atoms with van der Waals surface area (Å²) in [5.41, 5.74) is 0.829. The molecule has 0 saturated heterocycles. The molecular weight excluding hydrogens is 452 g/mol. The first-order valence-corrected chi connectivity index (χ1v) is 13.8. The first-order valence-electron chi connectivity index (χ1n) is 13.8. The molecule has 2 fully saturated rings. The molecule has 6 heteroatoms. The molecule has 0 spiro atoms. The Labute approximate surface area is 215 Å². The average molecular weight is 495 g/mol. The molecule has 2 aromatic rings. The van der Waals surface area contributed by atoms with Gasteiger partial charge in [0.25, 0.3) is 5.91 Å². The van der Waals surface area contributed by atoms with E-state index in [1.807, 2.05) is 32.0 Å². The van der Waals surface area contributed by atoms with E-state index < -0.39 is 11.4 Å². The molecule has 0 atom stereocenters. The second-order valence-corrected chi connectivity index (χ2v) is 11.8. The quantitative estimate of drug-likeness (QED) is 0.391. The molecule has 1 aromatic carbocycles. The lowest BCUT2D eigenvalue weighted by molar-refractivity contribution is -0.139. The summed E-state index contributed by atoms with van der Waals surface area (Å²) in [5, 5.41) is 14.1. The molecule has 36 heavy (non-hydrogen) atoms. The molecule has 6 nitrogen and oxygen atoms in total. The Morgan fingerprint density at radius 2 is 1.78 bits per heavy atom. The van der Waals surface area contributed by atoms with Gasteiger partial charge in [0, 0.05) is 17.6 Å². The van der Waals surface area contributed by atoms with Crippen molar-refractivity contribution in [3.05, 3.63) is 35.7 Å².